The van der Waals surface area contributed by atoms with Gasteiger partial charge in [0.05, 0.1) is 7.11 Å². The van der Waals surface area contributed by atoms with Gasteiger partial charge in [0.2, 0.25) is 10.0 Å². The molecule has 0 saturated carbocycles. The van der Waals surface area contributed by atoms with E-state index in [1.54, 1.807) is 0 Å². The predicted octanol–water partition coefficient (Wildman–Crippen LogP) is 1.47. The fourth-order valence-corrected chi connectivity index (χ4v) is 4.30. The molecule has 2 rings (SSSR count). The van der Waals surface area contributed by atoms with Crippen LogP contribution in [0.25, 0.3) is 0 Å². The Kier molecular flexibility index (Phi) is 6.81. The van der Waals surface area contributed by atoms with Gasteiger partial charge in [-0.3, -0.25) is 4.79 Å². The molecule has 0 bridgehead atoms. The van der Waals surface area contributed by atoms with Crippen molar-refractivity contribution in [3.05, 3.63) is 18.2 Å². The Hall–Kier alpha value is -2.33. The molecule has 144 valence electrons. The zero-order valence-corrected chi connectivity index (χ0v) is 15.3. The minimum atomic E-state index is -3.63. The van der Waals surface area contributed by atoms with Crippen LogP contribution in [0.3, 0.4) is 0 Å². The van der Waals surface area contributed by atoms with E-state index in [9.17, 15) is 18.0 Å². The molecule has 1 aliphatic rings. The highest BCUT2D eigenvalue weighted by atomic mass is 32.2. The third kappa shape index (κ3) is 5.09. The number of anilines is 1. The van der Waals surface area contributed by atoms with Crippen LogP contribution in [-0.4, -0.2) is 56.6 Å². The Morgan fingerprint density at radius 3 is 2.58 bits per heavy atom. The third-order valence-electron chi connectivity index (χ3n) is 3.96. The topological polar surface area (TPSA) is 125 Å². The number of ether oxygens (including phenoxy) is 1. The number of hydrogen-bond donors (Lipinski definition) is 3. The number of urea groups is 1. The average molecular weight is 385 g/mol. The number of amides is 2. The second-order valence-corrected chi connectivity index (χ2v) is 7.76. The van der Waals surface area contributed by atoms with Crippen LogP contribution in [0.1, 0.15) is 25.7 Å². The second-order valence-electron chi connectivity index (χ2n) is 5.86. The fraction of sp³-hybridized carbons (Fsp3) is 0.500. The first-order valence-electron chi connectivity index (χ1n) is 8.29. The zero-order chi connectivity index (χ0) is 19.2. The number of carbonyl (C=O) groups excluding carboxylic acids is 1. The van der Waals surface area contributed by atoms with Gasteiger partial charge in [-0.25, -0.2) is 13.2 Å². The molecule has 1 aromatic carbocycles. The molecule has 9 nitrogen and oxygen atoms in total. The second kappa shape index (κ2) is 8.86. The molecule has 0 atom stereocenters. The summed E-state index contributed by atoms with van der Waals surface area (Å²) in [6.07, 6.45) is 1.96. The summed E-state index contributed by atoms with van der Waals surface area (Å²) in [5.74, 6) is -0.771. The van der Waals surface area contributed by atoms with Crippen LogP contribution < -0.4 is 15.4 Å². The zero-order valence-electron chi connectivity index (χ0n) is 14.5. The first-order valence-corrected chi connectivity index (χ1v) is 9.73. The first kappa shape index (κ1) is 20.0. The molecule has 26 heavy (non-hydrogen) atoms. The van der Waals surface area contributed by atoms with Gasteiger partial charge in [-0.15, -0.1) is 0 Å². The lowest BCUT2D eigenvalue weighted by Gasteiger charge is -2.18. The van der Waals surface area contributed by atoms with Crippen molar-refractivity contribution in [3.8, 4) is 5.75 Å². The summed E-state index contributed by atoms with van der Waals surface area (Å²) in [5.41, 5.74) is 0.373. The summed E-state index contributed by atoms with van der Waals surface area (Å²) < 4.78 is 32.0. The minimum absolute atomic E-state index is 0.0306. The van der Waals surface area contributed by atoms with E-state index >= 15 is 0 Å². The monoisotopic (exact) mass is 385 g/mol. The van der Waals surface area contributed by atoms with Crippen molar-refractivity contribution < 1.29 is 27.9 Å². The summed E-state index contributed by atoms with van der Waals surface area (Å²) >= 11 is 0. The quantitative estimate of drug-likeness (QED) is 0.582. The number of rotatable bonds is 8. The Bertz CT molecular complexity index is 759. The maximum atomic E-state index is 12.7. The number of nitrogens with one attached hydrogen (secondary N) is 2. The number of hydrogen-bond acceptors (Lipinski definition) is 5. The molecule has 3 N–H and O–H groups in total. The molecule has 0 aliphatic carbocycles. The number of carboxylic acids is 1. The predicted molar refractivity (Wildman–Crippen MR) is 94.9 cm³/mol. The lowest BCUT2D eigenvalue weighted by atomic mass is 10.3. The van der Waals surface area contributed by atoms with Gasteiger partial charge in [0.15, 0.2) is 0 Å². The lowest BCUT2D eigenvalue weighted by molar-refractivity contribution is -0.137. The van der Waals surface area contributed by atoms with Crippen molar-refractivity contribution in [1.82, 2.24) is 9.62 Å². The van der Waals surface area contributed by atoms with Crippen LogP contribution in [0, 0.1) is 0 Å². The summed E-state index contributed by atoms with van der Waals surface area (Å²) in [6, 6.07) is 3.84. The van der Waals surface area contributed by atoms with Crippen molar-refractivity contribution in [1.29, 1.82) is 0 Å². The number of methoxy groups -OCH3 is 1. The van der Waals surface area contributed by atoms with Gasteiger partial charge >= 0.3 is 12.0 Å². The van der Waals surface area contributed by atoms with Crippen LogP contribution in [-0.2, 0) is 14.8 Å². The third-order valence-corrected chi connectivity index (χ3v) is 5.90. The number of carbonyl (C=O) groups is 2. The molecule has 0 aromatic heterocycles. The smallest absolute Gasteiger partial charge is 0.319 e. The highest BCUT2D eigenvalue weighted by molar-refractivity contribution is 7.89. The molecule has 1 aromatic rings. The van der Waals surface area contributed by atoms with E-state index in [1.165, 1.54) is 29.6 Å². The molecular weight excluding hydrogens is 362 g/mol. The van der Waals surface area contributed by atoms with E-state index in [-0.39, 0.29) is 23.6 Å². The molecular formula is C16H23N3O6S. The summed E-state index contributed by atoms with van der Waals surface area (Å²) in [6.45, 7) is 1.20. The Balaban J connectivity index is 2.03. The molecule has 10 heteroatoms. The molecule has 0 unspecified atom stereocenters. The van der Waals surface area contributed by atoms with Crippen LogP contribution in [0.5, 0.6) is 5.75 Å². The first-order chi connectivity index (χ1) is 12.3. The Labute approximate surface area is 152 Å². The summed E-state index contributed by atoms with van der Waals surface area (Å²) in [7, 11) is -2.26. The van der Waals surface area contributed by atoms with E-state index in [1.807, 2.05) is 0 Å². The van der Waals surface area contributed by atoms with E-state index in [4.69, 9.17) is 9.84 Å². The maximum Gasteiger partial charge on any atom is 0.319 e. The maximum absolute atomic E-state index is 12.7. The van der Waals surface area contributed by atoms with Gasteiger partial charge < -0.3 is 20.5 Å². The van der Waals surface area contributed by atoms with Gasteiger partial charge in [-0.05, 0) is 31.4 Å². The van der Waals surface area contributed by atoms with Crippen LogP contribution in [0.2, 0.25) is 0 Å². The summed E-state index contributed by atoms with van der Waals surface area (Å²) in [5, 5.41) is 13.6. The largest absolute Gasteiger partial charge is 0.495 e. The van der Waals surface area contributed by atoms with E-state index < -0.39 is 22.0 Å². The molecule has 1 saturated heterocycles. The molecule has 0 radical (unpaired) electrons. The lowest BCUT2D eigenvalue weighted by Crippen LogP contribution is -2.30. The van der Waals surface area contributed by atoms with E-state index in [0.29, 0.717) is 25.2 Å². The number of nitrogens with zero attached hydrogens (tertiary/aromatic N) is 1. The molecule has 1 heterocycles. The van der Waals surface area contributed by atoms with Crippen LogP contribution in [0.4, 0.5) is 10.5 Å². The number of benzene rings is 1. The van der Waals surface area contributed by atoms with Crippen molar-refractivity contribution in [2.45, 2.75) is 30.6 Å². The average Bonchev–Trinajstić information content (AvgIpc) is 3.13. The molecule has 0 spiro atoms. The minimum Gasteiger partial charge on any atom is -0.495 e. The van der Waals surface area contributed by atoms with Crippen molar-refractivity contribution in [2.24, 2.45) is 0 Å². The standard InChI is InChI=1S/C16H23N3O6S/c1-25-13-11-12(18-16(22)17-8-4-5-15(20)21)6-7-14(13)26(23,24)19-9-2-3-10-19/h6-7,11H,2-5,8-10H2,1H3,(H,20,21)(H2,17,18,22). The van der Waals surface area contributed by atoms with Crippen molar-refractivity contribution >= 4 is 27.7 Å². The van der Waals surface area contributed by atoms with E-state index in [0.717, 1.165) is 12.8 Å². The number of carboxylic acid groups (broad SMARTS) is 1. The number of sulfonamides is 1. The highest BCUT2D eigenvalue weighted by Crippen LogP contribution is 2.31. The summed E-state index contributed by atoms with van der Waals surface area (Å²) in [4.78, 5) is 22.3. The molecule has 1 aliphatic heterocycles. The van der Waals surface area contributed by atoms with Crippen molar-refractivity contribution in [3.63, 3.8) is 0 Å². The number of aliphatic carboxylic acids is 1. The van der Waals surface area contributed by atoms with Gasteiger partial charge in [0, 0.05) is 37.8 Å². The molecule has 1 fully saturated rings. The Morgan fingerprint density at radius 1 is 1.27 bits per heavy atom. The van der Waals surface area contributed by atoms with Crippen LogP contribution >= 0.6 is 0 Å². The van der Waals surface area contributed by atoms with E-state index in [2.05, 4.69) is 10.6 Å². The van der Waals surface area contributed by atoms with Crippen molar-refractivity contribution in [2.75, 3.05) is 32.1 Å². The van der Waals surface area contributed by atoms with Gasteiger partial charge in [0.1, 0.15) is 10.6 Å². The van der Waals surface area contributed by atoms with Gasteiger partial charge in [-0.1, -0.05) is 0 Å². The normalized spacial score (nSPS) is 14.8. The van der Waals surface area contributed by atoms with Gasteiger partial charge in [-0.2, -0.15) is 4.31 Å². The fourth-order valence-electron chi connectivity index (χ4n) is 2.64. The Morgan fingerprint density at radius 2 is 1.96 bits per heavy atom. The van der Waals surface area contributed by atoms with Crippen LogP contribution in [0.15, 0.2) is 23.1 Å². The highest BCUT2D eigenvalue weighted by Gasteiger charge is 2.30. The van der Waals surface area contributed by atoms with Gasteiger partial charge in [0.25, 0.3) is 0 Å². The molecule has 2 amide bonds. The SMILES string of the molecule is COc1cc(NC(=O)NCCCC(=O)O)ccc1S(=O)(=O)N1CCCC1.